The van der Waals surface area contributed by atoms with Crippen molar-refractivity contribution in [2.45, 2.75) is 39.2 Å². The molecule has 0 saturated carbocycles. The van der Waals surface area contributed by atoms with Crippen molar-refractivity contribution < 1.29 is 4.79 Å². The lowest BCUT2D eigenvalue weighted by atomic mass is 9.95. The van der Waals surface area contributed by atoms with Crippen LogP contribution in [0.25, 0.3) is 0 Å². The maximum Gasteiger partial charge on any atom is 0.219 e. The quantitative estimate of drug-likeness (QED) is 0.777. The predicted molar refractivity (Wildman–Crippen MR) is 70.3 cm³/mol. The number of hydrogen-bond donors (Lipinski definition) is 1. The molecule has 1 N–H and O–H groups in total. The zero-order valence-corrected chi connectivity index (χ0v) is 11.1. The highest BCUT2D eigenvalue weighted by Gasteiger charge is 2.25. The molecule has 1 fully saturated rings. The molecule has 0 unspecified atom stereocenters. The lowest BCUT2D eigenvalue weighted by molar-refractivity contribution is -0.132. The van der Waals surface area contributed by atoms with Crippen LogP contribution in [0.1, 0.15) is 43.4 Å². The first-order valence-electron chi connectivity index (χ1n) is 6.06. The number of pyridine rings is 1. The second kappa shape index (κ2) is 5.00. The molecular formula is C13H18N2OS. The topological polar surface area (TPSA) is 36.1 Å². The van der Waals surface area contributed by atoms with E-state index in [0.29, 0.717) is 0 Å². The summed E-state index contributed by atoms with van der Waals surface area (Å²) in [5, 5.41) is 0. The third kappa shape index (κ3) is 2.57. The maximum atomic E-state index is 11.6. The summed E-state index contributed by atoms with van der Waals surface area (Å²) in [5.41, 5.74) is 2.25. The van der Waals surface area contributed by atoms with E-state index in [1.165, 1.54) is 12.0 Å². The van der Waals surface area contributed by atoms with E-state index in [-0.39, 0.29) is 11.9 Å². The average Bonchev–Trinajstić information content (AvgIpc) is 2.32. The average molecular weight is 250 g/mol. The van der Waals surface area contributed by atoms with Gasteiger partial charge in [-0.25, -0.2) is 0 Å². The lowest BCUT2D eigenvalue weighted by Crippen LogP contribution is -2.37. The van der Waals surface area contributed by atoms with Crippen LogP contribution >= 0.6 is 12.2 Å². The highest BCUT2D eigenvalue weighted by molar-refractivity contribution is 7.71. The number of carbonyl (C=O) groups excluding carboxylic acids is 1. The Morgan fingerprint density at radius 2 is 2.29 bits per heavy atom. The number of nitrogens with zero attached hydrogens (tertiary/aromatic N) is 1. The summed E-state index contributed by atoms with van der Waals surface area (Å²) in [5.74, 6) is 0.162. The van der Waals surface area contributed by atoms with Gasteiger partial charge in [-0.2, -0.15) is 0 Å². The van der Waals surface area contributed by atoms with Gasteiger partial charge in [0.15, 0.2) is 0 Å². The Bertz CT molecular complexity index is 481. The van der Waals surface area contributed by atoms with E-state index in [1.54, 1.807) is 6.92 Å². The highest BCUT2D eigenvalue weighted by atomic mass is 32.1. The van der Waals surface area contributed by atoms with Crippen LogP contribution in [-0.4, -0.2) is 22.3 Å². The third-order valence-corrected chi connectivity index (χ3v) is 3.84. The first-order valence-corrected chi connectivity index (χ1v) is 6.47. The number of piperidine rings is 1. The Balaban J connectivity index is 2.32. The molecule has 1 aromatic heterocycles. The summed E-state index contributed by atoms with van der Waals surface area (Å²) in [7, 11) is 0. The van der Waals surface area contributed by atoms with Gasteiger partial charge in [-0.05, 0) is 43.4 Å². The van der Waals surface area contributed by atoms with Gasteiger partial charge in [0.1, 0.15) is 4.64 Å². The molecule has 1 saturated heterocycles. The molecule has 2 heterocycles. The van der Waals surface area contributed by atoms with Gasteiger partial charge in [-0.1, -0.05) is 12.2 Å². The van der Waals surface area contributed by atoms with Crippen molar-refractivity contribution in [3.8, 4) is 0 Å². The molecule has 0 aromatic carbocycles. The number of aromatic amines is 1. The molecule has 0 radical (unpaired) electrons. The fourth-order valence-electron chi connectivity index (χ4n) is 2.47. The second-order valence-electron chi connectivity index (χ2n) is 4.67. The highest BCUT2D eigenvalue weighted by Crippen LogP contribution is 2.30. The zero-order valence-electron chi connectivity index (χ0n) is 10.3. The molecule has 1 aliphatic rings. The van der Waals surface area contributed by atoms with Crippen molar-refractivity contribution in [3.63, 3.8) is 0 Å². The van der Waals surface area contributed by atoms with Crippen molar-refractivity contribution in [1.29, 1.82) is 0 Å². The van der Waals surface area contributed by atoms with Gasteiger partial charge < -0.3 is 9.88 Å². The minimum Gasteiger partial charge on any atom is -0.352 e. The molecule has 1 atom stereocenters. The van der Waals surface area contributed by atoms with Gasteiger partial charge in [0.25, 0.3) is 0 Å². The number of H-pyrrole nitrogens is 1. The van der Waals surface area contributed by atoms with E-state index >= 15 is 0 Å². The summed E-state index contributed by atoms with van der Waals surface area (Å²) in [6, 6.07) is 2.32. The van der Waals surface area contributed by atoms with E-state index in [4.69, 9.17) is 12.2 Å². The fourth-order valence-corrected chi connectivity index (χ4v) is 2.59. The van der Waals surface area contributed by atoms with Crippen LogP contribution in [0.2, 0.25) is 0 Å². The van der Waals surface area contributed by atoms with Gasteiger partial charge in [0, 0.05) is 19.7 Å². The smallest absolute Gasteiger partial charge is 0.219 e. The molecule has 0 spiro atoms. The summed E-state index contributed by atoms with van der Waals surface area (Å²) < 4.78 is 0.777. The monoisotopic (exact) mass is 250 g/mol. The lowest BCUT2D eigenvalue weighted by Gasteiger charge is -2.35. The second-order valence-corrected chi connectivity index (χ2v) is 5.08. The Morgan fingerprint density at radius 3 is 2.94 bits per heavy atom. The molecule has 4 heteroatoms. The standard InChI is InChI=1S/C13H18N2OS/c1-9-7-11(8-14-13(9)17)12-5-3-4-6-15(12)10(2)16/h7-8,12H,3-6H2,1-2H3,(H,14,17)/t12-/m1/s1. The molecule has 2 rings (SSSR count). The van der Waals surface area contributed by atoms with Crippen LogP contribution in [0.5, 0.6) is 0 Å². The SMILES string of the molecule is CC(=O)N1CCCC[C@@H]1c1c[nH]c(=S)c(C)c1. The molecule has 1 aliphatic heterocycles. The molecular weight excluding hydrogens is 232 g/mol. The minimum atomic E-state index is 0.162. The van der Waals surface area contributed by atoms with Gasteiger partial charge in [-0.3, -0.25) is 4.79 Å². The number of carbonyl (C=O) groups is 1. The number of likely N-dealkylation sites (tertiary alicyclic amines) is 1. The van der Waals surface area contributed by atoms with E-state index in [2.05, 4.69) is 11.1 Å². The number of rotatable bonds is 1. The summed E-state index contributed by atoms with van der Waals surface area (Å²) in [6.45, 7) is 4.52. The van der Waals surface area contributed by atoms with E-state index in [9.17, 15) is 4.79 Å². The van der Waals surface area contributed by atoms with Crippen LogP contribution in [0, 0.1) is 11.6 Å². The van der Waals surface area contributed by atoms with Crippen LogP contribution in [-0.2, 0) is 4.79 Å². The molecule has 0 bridgehead atoms. The van der Waals surface area contributed by atoms with Crippen molar-refractivity contribution in [1.82, 2.24) is 9.88 Å². The number of aryl methyl sites for hydroxylation is 1. The maximum absolute atomic E-state index is 11.6. The van der Waals surface area contributed by atoms with E-state index in [0.717, 1.165) is 29.6 Å². The number of hydrogen-bond acceptors (Lipinski definition) is 2. The van der Waals surface area contributed by atoms with Gasteiger partial charge >= 0.3 is 0 Å². The third-order valence-electron chi connectivity index (χ3n) is 3.40. The summed E-state index contributed by atoms with van der Waals surface area (Å²) in [6.07, 6.45) is 5.28. The molecule has 1 aromatic rings. The molecule has 3 nitrogen and oxygen atoms in total. The molecule has 0 aliphatic carbocycles. The molecule has 1 amide bonds. The summed E-state index contributed by atoms with van der Waals surface area (Å²) in [4.78, 5) is 16.7. The van der Waals surface area contributed by atoms with Crippen LogP contribution in [0.4, 0.5) is 0 Å². The van der Waals surface area contributed by atoms with Gasteiger partial charge in [0.2, 0.25) is 5.91 Å². The number of amides is 1. The van der Waals surface area contributed by atoms with Crippen molar-refractivity contribution in [2.75, 3.05) is 6.54 Å². The number of nitrogens with one attached hydrogen (secondary N) is 1. The number of aromatic nitrogens is 1. The van der Waals surface area contributed by atoms with Crippen molar-refractivity contribution in [3.05, 3.63) is 28.0 Å². The van der Waals surface area contributed by atoms with Crippen LogP contribution in [0.3, 0.4) is 0 Å². The Hall–Kier alpha value is -1.16. The van der Waals surface area contributed by atoms with Crippen molar-refractivity contribution in [2.24, 2.45) is 0 Å². The Labute approximate surface area is 107 Å². The van der Waals surface area contributed by atoms with Crippen molar-refractivity contribution >= 4 is 18.1 Å². The van der Waals surface area contributed by atoms with Crippen LogP contribution < -0.4 is 0 Å². The van der Waals surface area contributed by atoms with Gasteiger partial charge in [-0.15, -0.1) is 0 Å². The Kier molecular flexibility index (Phi) is 3.62. The fraction of sp³-hybridized carbons (Fsp3) is 0.538. The minimum absolute atomic E-state index is 0.162. The zero-order chi connectivity index (χ0) is 12.4. The van der Waals surface area contributed by atoms with E-state index in [1.807, 2.05) is 18.0 Å². The molecule has 92 valence electrons. The predicted octanol–water partition coefficient (Wildman–Crippen LogP) is 3.13. The summed E-state index contributed by atoms with van der Waals surface area (Å²) >= 11 is 5.16. The normalized spacial score (nSPS) is 20.4. The van der Waals surface area contributed by atoms with Gasteiger partial charge in [0.05, 0.1) is 6.04 Å². The largest absolute Gasteiger partial charge is 0.352 e. The first-order chi connectivity index (χ1) is 8.09. The van der Waals surface area contributed by atoms with E-state index < -0.39 is 0 Å². The Morgan fingerprint density at radius 1 is 1.53 bits per heavy atom. The molecule has 17 heavy (non-hydrogen) atoms. The van der Waals surface area contributed by atoms with Crippen LogP contribution in [0.15, 0.2) is 12.3 Å². The first kappa shape index (κ1) is 12.3.